The summed E-state index contributed by atoms with van der Waals surface area (Å²) in [6, 6.07) is 0. The zero-order valence-electron chi connectivity index (χ0n) is 12.8. The Balaban J connectivity index is 1.91. The fourth-order valence-electron chi connectivity index (χ4n) is 2.46. The number of hydrogen-bond donors (Lipinski definition) is 0. The van der Waals surface area contributed by atoms with Crippen LogP contribution in [-0.2, 0) is 11.2 Å². The van der Waals surface area contributed by atoms with Crippen LogP contribution in [0.2, 0.25) is 5.15 Å². The molecule has 2 heterocycles. The lowest BCUT2D eigenvalue weighted by Crippen LogP contribution is -2.43. The van der Waals surface area contributed by atoms with Crippen molar-refractivity contribution in [3.8, 4) is 0 Å². The van der Waals surface area contributed by atoms with E-state index in [1.54, 1.807) is 17.3 Å². The number of nitrogens with zero attached hydrogens (tertiary/aromatic N) is 3. The van der Waals surface area contributed by atoms with Crippen molar-refractivity contribution in [1.82, 2.24) is 14.9 Å². The van der Waals surface area contributed by atoms with Crippen LogP contribution in [0.15, 0.2) is 12.4 Å². The van der Waals surface area contributed by atoms with Crippen molar-refractivity contribution in [2.75, 3.05) is 13.1 Å². The van der Waals surface area contributed by atoms with Crippen molar-refractivity contribution >= 4 is 17.7 Å². The number of amides is 1. The zero-order valence-corrected chi connectivity index (χ0v) is 13.6. The molecule has 0 aromatic carbocycles. The Labute approximate surface area is 130 Å². The van der Waals surface area contributed by atoms with Gasteiger partial charge in [-0.05, 0) is 46.0 Å². The SMILES string of the molecule is CC(C)(C)OC(=O)N1CCC[C@@H](Cc2cnc(Cl)cn2)C1. The Bertz CT molecular complexity index is 485. The van der Waals surface area contributed by atoms with Gasteiger partial charge in [-0.1, -0.05) is 11.6 Å². The first kappa shape index (κ1) is 16.0. The van der Waals surface area contributed by atoms with E-state index >= 15 is 0 Å². The molecule has 5 nitrogen and oxygen atoms in total. The Morgan fingerprint density at radius 2 is 2.19 bits per heavy atom. The summed E-state index contributed by atoms with van der Waals surface area (Å²) >= 11 is 5.74. The van der Waals surface area contributed by atoms with Gasteiger partial charge in [-0.25, -0.2) is 9.78 Å². The maximum atomic E-state index is 12.1. The Hall–Kier alpha value is -1.36. The van der Waals surface area contributed by atoms with Gasteiger partial charge in [-0.15, -0.1) is 0 Å². The van der Waals surface area contributed by atoms with Gasteiger partial charge in [0, 0.05) is 13.1 Å². The molecule has 0 radical (unpaired) electrons. The molecule has 0 N–H and O–H groups in total. The van der Waals surface area contributed by atoms with Gasteiger partial charge in [0.05, 0.1) is 18.1 Å². The van der Waals surface area contributed by atoms with Crippen molar-refractivity contribution in [1.29, 1.82) is 0 Å². The van der Waals surface area contributed by atoms with E-state index in [-0.39, 0.29) is 6.09 Å². The molecule has 1 amide bonds. The largest absolute Gasteiger partial charge is 0.444 e. The normalized spacial score (nSPS) is 19.4. The minimum atomic E-state index is -0.453. The molecule has 1 fully saturated rings. The van der Waals surface area contributed by atoms with Crippen molar-refractivity contribution < 1.29 is 9.53 Å². The van der Waals surface area contributed by atoms with E-state index in [0.29, 0.717) is 17.6 Å². The first-order chi connectivity index (χ1) is 9.83. The summed E-state index contributed by atoms with van der Waals surface area (Å²) in [5.41, 5.74) is 0.460. The summed E-state index contributed by atoms with van der Waals surface area (Å²) in [4.78, 5) is 22.2. The molecule has 1 aliphatic heterocycles. The number of rotatable bonds is 2. The quantitative estimate of drug-likeness (QED) is 0.840. The molecule has 21 heavy (non-hydrogen) atoms. The van der Waals surface area contributed by atoms with Crippen molar-refractivity contribution in [2.24, 2.45) is 5.92 Å². The van der Waals surface area contributed by atoms with Gasteiger partial charge in [0.1, 0.15) is 10.8 Å². The van der Waals surface area contributed by atoms with E-state index in [1.165, 1.54) is 0 Å². The summed E-state index contributed by atoms with van der Waals surface area (Å²) in [5, 5.41) is 0.401. The summed E-state index contributed by atoms with van der Waals surface area (Å²) < 4.78 is 5.43. The highest BCUT2D eigenvalue weighted by Crippen LogP contribution is 2.22. The molecule has 1 aromatic heterocycles. The maximum Gasteiger partial charge on any atom is 0.410 e. The molecule has 1 atom stereocenters. The fourth-order valence-corrected chi connectivity index (χ4v) is 2.56. The number of hydrogen-bond acceptors (Lipinski definition) is 4. The van der Waals surface area contributed by atoms with E-state index in [4.69, 9.17) is 16.3 Å². The van der Waals surface area contributed by atoms with Crippen LogP contribution in [0.3, 0.4) is 0 Å². The van der Waals surface area contributed by atoms with Crippen molar-refractivity contribution in [3.63, 3.8) is 0 Å². The molecule has 0 bridgehead atoms. The number of halogens is 1. The van der Waals surface area contributed by atoms with Gasteiger partial charge in [0.15, 0.2) is 0 Å². The molecule has 6 heteroatoms. The second-order valence-electron chi connectivity index (χ2n) is 6.47. The lowest BCUT2D eigenvalue weighted by Gasteiger charge is -2.34. The second-order valence-corrected chi connectivity index (χ2v) is 6.86. The topological polar surface area (TPSA) is 55.3 Å². The third-order valence-corrected chi connectivity index (χ3v) is 3.54. The highest BCUT2D eigenvalue weighted by Gasteiger charge is 2.27. The van der Waals surface area contributed by atoms with Gasteiger partial charge in [0.25, 0.3) is 0 Å². The summed E-state index contributed by atoms with van der Waals surface area (Å²) in [6.45, 7) is 7.12. The van der Waals surface area contributed by atoms with Crippen LogP contribution in [0.5, 0.6) is 0 Å². The standard InChI is InChI=1S/C15H22ClN3O2/c1-15(2,3)21-14(20)19-6-4-5-11(10-19)7-12-8-18-13(16)9-17-12/h8-9,11H,4-7,10H2,1-3H3/t11-/m0/s1. The minimum Gasteiger partial charge on any atom is -0.444 e. The van der Waals surface area contributed by atoms with E-state index in [0.717, 1.165) is 31.5 Å². The average molecular weight is 312 g/mol. The van der Waals surface area contributed by atoms with Gasteiger partial charge in [-0.2, -0.15) is 0 Å². The maximum absolute atomic E-state index is 12.1. The predicted molar refractivity (Wildman–Crippen MR) is 81.3 cm³/mol. The Morgan fingerprint density at radius 3 is 2.81 bits per heavy atom. The van der Waals surface area contributed by atoms with Crippen LogP contribution in [0.25, 0.3) is 0 Å². The number of carbonyl (C=O) groups is 1. The fraction of sp³-hybridized carbons (Fsp3) is 0.667. The van der Waals surface area contributed by atoms with Crippen molar-refractivity contribution in [3.05, 3.63) is 23.2 Å². The summed E-state index contributed by atoms with van der Waals surface area (Å²) in [5.74, 6) is 0.391. The molecule has 1 aromatic rings. The molecule has 1 saturated heterocycles. The number of ether oxygens (including phenoxy) is 1. The lowest BCUT2D eigenvalue weighted by molar-refractivity contribution is 0.0165. The van der Waals surface area contributed by atoms with Crippen LogP contribution >= 0.6 is 11.6 Å². The predicted octanol–water partition coefficient (Wildman–Crippen LogP) is 3.32. The van der Waals surface area contributed by atoms with E-state index in [2.05, 4.69) is 9.97 Å². The Kier molecular flexibility index (Phi) is 5.04. The number of piperidine rings is 1. The molecular formula is C15H22ClN3O2. The zero-order chi connectivity index (χ0) is 15.5. The van der Waals surface area contributed by atoms with Gasteiger partial charge < -0.3 is 9.64 Å². The van der Waals surface area contributed by atoms with Crippen LogP contribution in [-0.4, -0.2) is 39.7 Å². The molecule has 116 valence electrons. The minimum absolute atomic E-state index is 0.227. The number of aromatic nitrogens is 2. The first-order valence-corrected chi connectivity index (χ1v) is 7.65. The van der Waals surface area contributed by atoms with Crippen LogP contribution in [0.4, 0.5) is 4.79 Å². The first-order valence-electron chi connectivity index (χ1n) is 7.28. The summed E-state index contributed by atoms with van der Waals surface area (Å²) in [7, 11) is 0. The summed E-state index contributed by atoms with van der Waals surface area (Å²) in [6.07, 6.45) is 5.92. The van der Waals surface area contributed by atoms with Gasteiger partial charge >= 0.3 is 6.09 Å². The smallest absolute Gasteiger partial charge is 0.410 e. The molecule has 0 unspecified atom stereocenters. The molecule has 1 aliphatic rings. The monoisotopic (exact) mass is 311 g/mol. The van der Waals surface area contributed by atoms with Crippen molar-refractivity contribution in [2.45, 2.75) is 45.6 Å². The van der Waals surface area contributed by atoms with E-state index in [1.807, 2.05) is 20.8 Å². The number of likely N-dealkylation sites (tertiary alicyclic amines) is 1. The van der Waals surface area contributed by atoms with E-state index in [9.17, 15) is 4.79 Å². The Morgan fingerprint density at radius 1 is 1.43 bits per heavy atom. The third kappa shape index (κ3) is 5.16. The molecule has 2 rings (SSSR count). The molecule has 0 spiro atoms. The molecule has 0 aliphatic carbocycles. The van der Waals surface area contributed by atoms with Crippen LogP contribution < -0.4 is 0 Å². The van der Waals surface area contributed by atoms with Gasteiger partial charge in [0.2, 0.25) is 0 Å². The van der Waals surface area contributed by atoms with Crippen LogP contribution in [0.1, 0.15) is 39.3 Å². The average Bonchev–Trinajstić information content (AvgIpc) is 2.40. The van der Waals surface area contributed by atoms with E-state index < -0.39 is 5.60 Å². The number of carbonyl (C=O) groups excluding carboxylic acids is 1. The van der Waals surface area contributed by atoms with Crippen LogP contribution in [0, 0.1) is 5.92 Å². The molecular weight excluding hydrogens is 290 g/mol. The second kappa shape index (κ2) is 6.60. The molecule has 0 saturated carbocycles. The highest BCUT2D eigenvalue weighted by atomic mass is 35.5. The highest BCUT2D eigenvalue weighted by molar-refractivity contribution is 6.29. The lowest BCUT2D eigenvalue weighted by atomic mass is 9.94. The third-order valence-electron chi connectivity index (χ3n) is 3.34. The van der Waals surface area contributed by atoms with Gasteiger partial charge in [-0.3, -0.25) is 4.98 Å².